The quantitative estimate of drug-likeness (QED) is 0.603. The first-order chi connectivity index (χ1) is 15.5. The largest absolute Gasteiger partial charge is 0.416 e. The Morgan fingerprint density at radius 3 is 2.45 bits per heavy atom. The lowest BCUT2D eigenvalue weighted by Crippen LogP contribution is -2.41. The van der Waals surface area contributed by atoms with E-state index < -0.39 is 34.2 Å². The molecule has 1 amide bonds. The Hall–Kier alpha value is -2.14. The molecule has 1 saturated heterocycles. The lowest BCUT2D eigenvalue weighted by atomic mass is 9.97. The number of sulfonamides is 1. The zero-order chi connectivity index (χ0) is 24.2. The fourth-order valence-corrected chi connectivity index (χ4v) is 5.08. The highest BCUT2D eigenvalue weighted by Crippen LogP contribution is 2.38. The zero-order valence-electron chi connectivity index (χ0n) is 18.0. The first-order valence-electron chi connectivity index (χ1n) is 10.4. The van der Waals surface area contributed by atoms with Crippen molar-refractivity contribution < 1.29 is 26.4 Å². The van der Waals surface area contributed by atoms with Gasteiger partial charge in [-0.25, -0.2) is 13.1 Å². The summed E-state index contributed by atoms with van der Waals surface area (Å²) < 4.78 is 67.5. The van der Waals surface area contributed by atoms with E-state index in [-0.39, 0.29) is 21.0 Å². The number of nitrogens with zero attached hydrogens (tertiary/aromatic N) is 1. The Bertz CT molecular complexity index is 1100. The van der Waals surface area contributed by atoms with E-state index in [1.54, 1.807) is 0 Å². The molecule has 1 aliphatic rings. The Balaban J connectivity index is 1.73. The van der Waals surface area contributed by atoms with E-state index in [0.29, 0.717) is 12.5 Å². The molecular formula is C22H25ClF3N3O3S. The van der Waals surface area contributed by atoms with Crippen molar-refractivity contribution in [1.29, 1.82) is 0 Å². The van der Waals surface area contributed by atoms with Crippen molar-refractivity contribution in [2.45, 2.75) is 23.9 Å². The second kappa shape index (κ2) is 10.4. The number of carbonyl (C=O) groups is 1. The smallest absolute Gasteiger partial charge is 0.355 e. The molecular weight excluding hydrogens is 479 g/mol. The van der Waals surface area contributed by atoms with Crippen molar-refractivity contribution in [2.75, 3.05) is 33.2 Å². The van der Waals surface area contributed by atoms with Crippen LogP contribution in [0.2, 0.25) is 5.02 Å². The molecule has 33 heavy (non-hydrogen) atoms. The molecule has 0 bridgehead atoms. The molecule has 2 N–H and O–H groups in total. The summed E-state index contributed by atoms with van der Waals surface area (Å²) in [4.78, 5) is 14.1. The van der Waals surface area contributed by atoms with Gasteiger partial charge in [0.15, 0.2) is 0 Å². The zero-order valence-corrected chi connectivity index (χ0v) is 19.5. The van der Waals surface area contributed by atoms with Crippen molar-refractivity contribution in [1.82, 2.24) is 14.9 Å². The highest BCUT2D eigenvalue weighted by molar-refractivity contribution is 7.89. The van der Waals surface area contributed by atoms with E-state index in [1.807, 2.05) is 7.05 Å². The van der Waals surface area contributed by atoms with Gasteiger partial charge in [0.1, 0.15) is 0 Å². The summed E-state index contributed by atoms with van der Waals surface area (Å²) in [6, 6.07) is 8.29. The van der Waals surface area contributed by atoms with Crippen LogP contribution in [0.25, 0.3) is 11.1 Å². The highest BCUT2D eigenvalue weighted by atomic mass is 35.5. The van der Waals surface area contributed by atoms with Gasteiger partial charge in [-0.15, -0.1) is 0 Å². The molecule has 0 atom stereocenters. The number of carbonyl (C=O) groups excluding carboxylic acids is 1. The van der Waals surface area contributed by atoms with Crippen LogP contribution in [0.1, 0.15) is 18.4 Å². The average Bonchev–Trinajstić information content (AvgIpc) is 2.77. The fourth-order valence-electron chi connectivity index (χ4n) is 3.66. The Labute approximate surface area is 196 Å². The molecule has 1 heterocycles. The minimum Gasteiger partial charge on any atom is -0.355 e. The standard InChI is InChI=1S/C22H25ClF3N3O3S/c1-29-10-8-15(9-11-29)13-27-21(30)14-28-33(31,32)20-5-3-2-4-17(20)18-12-16(22(24,25)26)6-7-19(18)23/h2-7,12,15,28H,8-11,13-14H2,1H3,(H,27,30). The molecule has 1 fully saturated rings. The minimum absolute atomic E-state index is 0.00725. The van der Waals surface area contributed by atoms with Crippen LogP contribution in [-0.4, -0.2) is 52.5 Å². The minimum atomic E-state index is -4.61. The topological polar surface area (TPSA) is 78.5 Å². The third-order valence-corrected chi connectivity index (χ3v) is 7.40. The van der Waals surface area contributed by atoms with Crippen molar-refractivity contribution in [2.24, 2.45) is 5.92 Å². The second-order valence-corrected chi connectivity index (χ2v) is 10.2. The summed E-state index contributed by atoms with van der Waals surface area (Å²) in [6.45, 7) is 1.87. The van der Waals surface area contributed by atoms with Gasteiger partial charge in [-0.1, -0.05) is 29.8 Å². The first-order valence-corrected chi connectivity index (χ1v) is 12.2. The van der Waals surface area contributed by atoms with Crippen molar-refractivity contribution in [3.63, 3.8) is 0 Å². The molecule has 2 aromatic carbocycles. The molecule has 0 aromatic heterocycles. The van der Waals surface area contributed by atoms with Gasteiger partial charge < -0.3 is 10.2 Å². The highest BCUT2D eigenvalue weighted by Gasteiger charge is 2.32. The predicted octanol–water partition coefficient (Wildman–Crippen LogP) is 3.76. The Kier molecular flexibility index (Phi) is 8.04. The van der Waals surface area contributed by atoms with E-state index in [9.17, 15) is 26.4 Å². The van der Waals surface area contributed by atoms with Crippen LogP contribution in [0.5, 0.6) is 0 Å². The maximum Gasteiger partial charge on any atom is 0.416 e. The van der Waals surface area contributed by atoms with Crippen molar-refractivity contribution in [3.05, 3.63) is 53.1 Å². The van der Waals surface area contributed by atoms with Crippen LogP contribution in [-0.2, 0) is 21.0 Å². The second-order valence-electron chi connectivity index (χ2n) is 8.06. The number of hydrogen-bond donors (Lipinski definition) is 2. The number of hydrogen-bond acceptors (Lipinski definition) is 4. The molecule has 11 heteroatoms. The third-order valence-electron chi connectivity index (χ3n) is 5.61. The monoisotopic (exact) mass is 503 g/mol. The molecule has 0 aliphatic carbocycles. The predicted molar refractivity (Wildman–Crippen MR) is 120 cm³/mol. The first kappa shape index (κ1) is 25.5. The van der Waals surface area contributed by atoms with E-state index in [2.05, 4.69) is 14.9 Å². The molecule has 0 unspecified atom stereocenters. The summed E-state index contributed by atoms with van der Waals surface area (Å²) in [7, 11) is -2.17. The van der Waals surface area contributed by atoms with Gasteiger partial charge in [0.2, 0.25) is 15.9 Å². The van der Waals surface area contributed by atoms with Gasteiger partial charge in [-0.3, -0.25) is 4.79 Å². The molecule has 0 saturated carbocycles. The third kappa shape index (κ3) is 6.69. The van der Waals surface area contributed by atoms with E-state index >= 15 is 0 Å². The summed E-state index contributed by atoms with van der Waals surface area (Å²) in [5.74, 6) is -0.141. The van der Waals surface area contributed by atoms with E-state index in [1.165, 1.54) is 24.3 Å². The number of halogens is 4. The van der Waals surface area contributed by atoms with Gasteiger partial charge in [-0.05, 0) is 63.2 Å². The molecule has 0 spiro atoms. The summed E-state index contributed by atoms with van der Waals surface area (Å²) >= 11 is 6.10. The fraction of sp³-hybridized carbons (Fsp3) is 0.409. The van der Waals surface area contributed by atoms with E-state index in [0.717, 1.165) is 44.1 Å². The lowest BCUT2D eigenvalue weighted by Gasteiger charge is -2.28. The normalized spacial score (nSPS) is 16.0. The van der Waals surface area contributed by atoms with Crippen molar-refractivity contribution >= 4 is 27.5 Å². The Morgan fingerprint density at radius 1 is 1.12 bits per heavy atom. The van der Waals surface area contributed by atoms with Gasteiger partial charge in [-0.2, -0.15) is 13.2 Å². The maximum absolute atomic E-state index is 13.2. The van der Waals surface area contributed by atoms with Crippen LogP contribution in [0.15, 0.2) is 47.4 Å². The van der Waals surface area contributed by atoms with E-state index in [4.69, 9.17) is 11.6 Å². The summed E-state index contributed by atoms with van der Waals surface area (Å²) in [6.07, 6.45) is -2.71. The average molecular weight is 504 g/mol. The number of rotatable bonds is 7. The Morgan fingerprint density at radius 2 is 1.79 bits per heavy atom. The number of alkyl halides is 3. The molecule has 1 aliphatic heterocycles. The van der Waals surface area contributed by atoms with Crippen molar-refractivity contribution in [3.8, 4) is 11.1 Å². The van der Waals surface area contributed by atoms with Gasteiger partial charge in [0, 0.05) is 22.7 Å². The van der Waals surface area contributed by atoms with Gasteiger partial charge in [0.25, 0.3) is 0 Å². The number of benzene rings is 2. The summed E-state index contributed by atoms with van der Waals surface area (Å²) in [5.41, 5.74) is -1.01. The molecule has 180 valence electrons. The number of likely N-dealkylation sites (tertiary alicyclic amines) is 1. The number of amides is 1. The van der Waals surface area contributed by atoms with Crippen LogP contribution in [0, 0.1) is 5.92 Å². The van der Waals surface area contributed by atoms with Crippen LogP contribution in [0.3, 0.4) is 0 Å². The molecule has 2 aromatic rings. The number of piperidine rings is 1. The van der Waals surface area contributed by atoms with Crippen LogP contribution < -0.4 is 10.0 Å². The lowest BCUT2D eigenvalue weighted by molar-refractivity contribution is -0.137. The van der Waals surface area contributed by atoms with Gasteiger partial charge in [0.05, 0.1) is 17.0 Å². The molecule has 6 nitrogen and oxygen atoms in total. The molecule has 0 radical (unpaired) electrons. The summed E-state index contributed by atoms with van der Waals surface area (Å²) in [5, 5.41) is 2.71. The van der Waals surface area contributed by atoms with Crippen LogP contribution >= 0.6 is 11.6 Å². The molecule has 3 rings (SSSR count). The van der Waals surface area contributed by atoms with Crippen LogP contribution in [0.4, 0.5) is 13.2 Å². The SMILES string of the molecule is CN1CCC(CNC(=O)CNS(=O)(=O)c2ccccc2-c2cc(C(F)(F)F)ccc2Cl)CC1. The van der Waals surface area contributed by atoms with Gasteiger partial charge >= 0.3 is 6.18 Å². The number of nitrogens with one attached hydrogen (secondary N) is 2. The maximum atomic E-state index is 13.2.